The zero-order valence-corrected chi connectivity index (χ0v) is 22.1. The maximum Gasteiger partial charge on any atom is 0.343 e. The molecule has 0 radical (unpaired) electrons. The Morgan fingerprint density at radius 1 is 1.20 bits per heavy atom. The lowest BCUT2D eigenvalue weighted by Crippen LogP contribution is -2.59. The summed E-state index contributed by atoms with van der Waals surface area (Å²) in [6, 6.07) is 8.57. The number of piperidine rings is 1. The third-order valence-corrected chi connectivity index (χ3v) is 8.44. The summed E-state index contributed by atoms with van der Waals surface area (Å²) in [7, 11) is 3.03. The molecule has 3 aliphatic rings. The van der Waals surface area contributed by atoms with Gasteiger partial charge in [-0.3, -0.25) is 4.79 Å². The fraction of sp³-hybridized carbons (Fsp3) is 0.586. The monoisotopic (exact) mass is 480 g/mol. The number of carbonyl (C=O) groups excluding carboxylic acids is 1. The van der Waals surface area contributed by atoms with E-state index in [4.69, 9.17) is 9.47 Å². The molecule has 3 unspecified atom stereocenters. The number of aryl methyl sites for hydroxylation is 1. The quantitative estimate of drug-likeness (QED) is 0.630. The first kappa shape index (κ1) is 25.5. The Morgan fingerprint density at radius 3 is 2.60 bits per heavy atom. The molecule has 1 saturated heterocycles. The Morgan fingerprint density at radius 2 is 1.94 bits per heavy atom. The summed E-state index contributed by atoms with van der Waals surface area (Å²) in [5, 5.41) is 0. The minimum atomic E-state index is -0.577. The molecule has 2 heterocycles. The summed E-state index contributed by atoms with van der Waals surface area (Å²) in [5.41, 5.74) is 4.26. The van der Waals surface area contributed by atoms with Crippen LogP contribution in [0.15, 0.2) is 29.1 Å². The molecule has 2 fully saturated rings. The van der Waals surface area contributed by atoms with Gasteiger partial charge in [0.15, 0.2) is 0 Å². The van der Waals surface area contributed by atoms with Crippen molar-refractivity contribution < 1.29 is 14.3 Å². The minimum Gasteiger partial charge on any atom is -0.497 e. The molecule has 0 bridgehead atoms. The molecule has 1 N–H and O–H groups in total. The average Bonchev–Trinajstić information content (AvgIpc) is 3.70. The molecule has 1 aliphatic heterocycles. The first-order valence-corrected chi connectivity index (χ1v) is 13.1. The van der Waals surface area contributed by atoms with Crippen LogP contribution in [0.2, 0.25) is 0 Å². The molecule has 0 spiro atoms. The first-order chi connectivity index (χ1) is 16.9. The van der Waals surface area contributed by atoms with E-state index >= 15 is 0 Å². The highest BCUT2D eigenvalue weighted by Gasteiger charge is 2.51. The van der Waals surface area contributed by atoms with Crippen LogP contribution in [0.1, 0.15) is 72.8 Å². The number of pyridine rings is 1. The van der Waals surface area contributed by atoms with E-state index in [9.17, 15) is 9.59 Å². The maximum absolute atomic E-state index is 12.7. The minimum absolute atomic E-state index is 0.0825. The van der Waals surface area contributed by atoms with Crippen LogP contribution in [0.5, 0.6) is 5.75 Å². The van der Waals surface area contributed by atoms with Crippen molar-refractivity contribution in [1.29, 1.82) is 0 Å². The smallest absolute Gasteiger partial charge is 0.343 e. The van der Waals surface area contributed by atoms with E-state index < -0.39 is 5.97 Å². The van der Waals surface area contributed by atoms with Crippen LogP contribution in [0, 0.1) is 18.8 Å². The number of rotatable bonds is 5. The summed E-state index contributed by atoms with van der Waals surface area (Å²) in [4.78, 5) is 30.6. The molecular weight excluding hydrogens is 440 g/mol. The van der Waals surface area contributed by atoms with Crippen molar-refractivity contribution in [2.45, 2.75) is 71.3 Å². The lowest BCUT2D eigenvalue weighted by molar-refractivity contribution is 0.0246. The molecule has 2 aliphatic carbocycles. The Hall–Kier alpha value is -2.60. The lowest BCUT2D eigenvalue weighted by atomic mass is 9.55. The second-order valence-electron chi connectivity index (χ2n) is 10.3. The molecule has 190 valence electrons. The Balaban J connectivity index is 0.00000141. The number of hydrogen-bond donors (Lipinski definition) is 1. The second kappa shape index (κ2) is 10.2. The van der Waals surface area contributed by atoms with Gasteiger partial charge in [-0.05, 0) is 99.2 Å². The predicted molar refractivity (Wildman–Crippen MR) is 138 cm³/mol. The van der Waals surface area contributed by atoms with Gasteiger partial charge in [0.2, 0.25) is 0 Å². The number of aromatic nitrogens is 1. The van der Waals surface area contributed by atoms with Crippen molar-refractivity contribution in [2.75, 3.05) is 27.3 Å². The molecule has 6 heteroatoms. The van der Waals surface area contributed by atoms with Gasteiger partial charge < -0.3 is 19.4 Å². The van der Waals surface area contributed by atoms with Gasteiger partial charge in [-0.15, -0.1) is 0 Å². The first-order valence-electron chi connectivity index (χ1n) is 13.1. The van der Waals surface area contributed by atoms with Crippen molar-refractivity contribution in [3.8, 4) is 5.75 Å². The molecule has 1 saturated carbocycles. The lowest BCUT2D eigenvalue weighted by Gasteiger charge is -2.55. The summed E-state index contributed by atoms with van der Waals surface area (Å²) in [5.74, 6) is 1.51. The highest BCUT2D eigenvalue weighted by atomic mass is 16.5. The molecule has 1 aromatic heterocycles. The standard InChI is InChI=1S/C27H34N2O4.C2H6/c1-16-5-8-20(32-3)13-22(16)27-9-10-29(15-18-6-7-18)17(2)23(27)12-19-11-21(26(31)33-4)25(30)28-24(19)14-27;1-2/h5,8,11,13,17-18,23H,6-7,9-10,12,14-15H2,1-4H3,(H,28,30);1-2H3. The molecule has 5 rings (SSSR count). The summed E-state index contributed by atoms with van der Waals surface area (Å²) < 4.78 is 10.5. The number of H-pyrrole nitrogens is 1. The van der Waals surface area contributed by atoms with E-state index in [0.717, 1.165) is 48.7 Å². The van der Waals surface area contributed by atoms with Gasteiger partial charge in [0.05, 0.1) is 14.2 Å². The van der Waals surface area contributed by atoms with Crippen LogP contribution in [0.3, 0.4) is 0 Å². The summed E-state index contributed by atoms with van der Waals surface area (Å²) >= 11 is 0. The van der Waals surface area contributed by atoms with E-state index in [1.54, 1.807) is 13.2 Å². The number of likely N-dealkylation sites (tertiary alicyclic amines) is 1. The number of carbonyl (C=O) groups is 1. The maximum atomic E-state index is 12.7. The molecule has 6 nitrogen and oxygen atoms in total. The summed E-state index contributed by atoms with van der Waals surface area (Å²) in [6.07, 6.45) is 5.33. The normalized spacial score (nSPS) is 25.5. The molecule has 2 aromatic rings. The molecule has 35 heavy (non-hydrogen) atoms. The van der Waals surface area contributed by atoms with Crippen LogP contribution in [0.25, 0.3) is 0 Å². The Labute approximate surface area is 209 Å². The highest BCUT2D eigenvalue weighted by molar-refractivity contribution is 5.89. The summed E-state index contributed by atoms with van der Waals surface area (Å²) in [6.45, 7) is 10.8. The third-order valence-electron chi connectivity index (χ3n) is 8.44. The number of ether oxygens (including phenoxy) is 2. The molecule has 1 aromatic carbocycles. The van der Waals surface area contributed by atoms with Gasteiger partial charge in [0.25, 0.3) is 5.56 Å². The number of hydrogen-bond acceptors (Lipinski definition) is 5. The highest BCUT2D eigenvalue weighted by Crippen LogP contribution is 2.51. The van der Waals surface area contributed by atoms with E-state index in [2.05, 4.69) is 35.9 Å². The van der Waals surface area contributed by atoms with Crippen molar-refractivity contribution in [2.24, 2.45) is 11.8 Å². The molecular formula is C29H40N2O4. The number of nitrogens with one attached hydrogen (secondary N) is 1. The fourth-order valence-electron chi connectivity index (χ4n) is 6.38. The number of methoxy groups -OCH3 is 2. The predicted octanol–water partition coefficient (Wildman–Crippen LogP) is 4.66. The van der Waals surface area contributed by atoms with Crippen LogP contribution in [0.4, 0.5) is 0 Å². The van der Waals surface area contributed by atoms with Crippen LogP contribution in [-0.4, -0.2) is 49.2 Å². The Kier molecular flexibility index (Phi) is 7.41. The fourth-order valence-corrected chi connectivity index (χ4v) is 6.38. The van der Waals surface area contributed by atoms with Crippen LogP contribution < -0.4 is 10.3 Å². The topological polar surface area (TPSA) is 71.6 Å². The van der Waals surface area contributed by atoms with Crippen molar-refractivity contribution >= 4 is 5.97 Å². The van der Waals surface area contributed by atoms with Gasteiger partial charge in [0.1, 0.15) is 11.3 Å². The van der Waals surface area contributed by atoms with Crippen LogP contribution >= 0.6 is 0 Å². The number of nitrogens with zero attached hydrogens (tertiary/aromatic N) is 1. The zero-order chi connectivity index (χ0) is 25.3. The van der Waals surface area contributed by atoms with Crippen molar-refractivity contribution in [3.05, 3.63) is 62.6 Å². The van der Waals surface area contributed by atoms with E-state index in [1.807, 2.05) is 19.9 Å². The number of fused-ring (bicyclic) bond motifs is 2. The zero-order valence-electron chi connectivity index (χ0n) is 22.1. The largest absolute Gasteiger partial charge is 0.497 e. The third kappa shape index (κ3) is 4.65. The van der Waals surface area contributed by atoms with Crippen molar-refractivity contribution in [1.82, 2.24) is 9.88 Å². The van der Waals surface area contributed by atoms with E-state index in [0.29, 0.717) is 12.0 Å². The van der Waals surface area contributed by atoms with E-state index in [1.165, 1.54) is 37.6 Å². The average molecular weight is 481 g/mol. The number of aromatic amines is 1. The number of benzene rings is 1. The number of esters is 1. The van der Waals surface area contributed by atoms with Gasteiger partial charge in [0, 0.05) is 23.7 Å². The van der Waals surface area contributed by atoms with Gasteiger partial charge in [-0.2, -0.15) is 0 Å². The van der Waals surface area contributed by atoms with Gasteiger partial charge in [-0.25, -0.2) is 4.79 Å². The molecule has 0 amide bonds. The van der Waals surface area contributed by atoms with Gasteiger partial charge in [-0.1, -0.05) is 19.9 Å². The SMILES string of the molecule is CC.COC(=O)c1cc2c([nH]c1=O)CC1(c3cc(OC)ccc3C)CCN(CC3CC3)C(C)C1C2. The van der Waals surface area contributed by atoms with Crippen molar-refractivity contribution in [3.63, 3.8) is 0 Å². The molecule has 3 atom stereocenters. The van der Waals surface area contributed by atoms with Crippen LogP contribution in [-0.2, 0) is 23.0 Å². The Bertz CT molecular complexity index is 1140. The second-order valence-corrected chi connectivity index (χ2v) is 10.3. The van der Waals surface area contributed by atoms with E-state index in [-0.39, 0.29) is 16.5 Å². The van der Waals surface area contributed by atoms with Gasteiger partial charge >= 0.3 is 5.97 Å².